The minimum absolute atomic E-state index is 0.227. The minimum Gasteiger partial charge on any atom is -0.355 e. The molecule has 4 heteroatoms. The third-order valence-corrected chi connectivity index (χ3v) is 4.81. The van der Waals surface area contributed by atoms with Gasteiger partial charge >= 0.3 is 0 Å². The van der Waals surface area contributed by atoms with Crippen molar-refractivity contribution >= 4 is 17.7 Å². The lowest BCUT2D eigenvalue weighted by Gasteiger charge is -2.25. The molecule has 0 radical (unpaired) electrons. The van der Waals surface area contributed by atoms with E-state index in [0.29, 0.717) is 5.92 Å². The zero-order valence-corrected chi connectivity index (χ0v) is 10.7. The number of hydrogen-bond donors (Lipinski definition) is 2. The number of hydrogen-bond acceptors (Lipinski definition) is 3. The summed E-state index contributed by atoms with van der Waals surface area (Å²) in [4.78, 5) is 11.9. The van der Waals surface area contributed by atoms with Crippen molar-refractivity contribution in [2.75, 3.05) is 25.4 Å². The van der Waals surface area contributed by atoms with E-state index in [0.717, 1.165) is 31.8 Å². The van der Waals surface area contributed by atoms with E-state index in [-0.39, 0.29) is 11.2 Å². The van der Waals surface area contributed by atoms with Gasteiger partial charge in [0, 0.05) is 6.54 Å². The van der Waals surface area contributed by atoms with E-state index in [4.69, 9.17) is 0 Å². The minimum atomic E-state index is 0.227. The lowest BCUT2D eigenvalue weighted by molar-refractivity contribution is -0.120. The second-order valence-corrected chi connectivity index (χ2v) is 6.12. The van der Waals surface area contributed by atoms with E-state index in [9.17, 15) is 4.79 Å². The van der Waals surface area contributed by atoms with Crippen LogP contribution < -0.4 is 10.6 Å². The number of thioether (sulfide) groups is 1. The molecule has 2 atom stereocenters. The van der Waals surface area contributed by atoms with Crippen LogP contribution in [0.2, 0.25) is 0 Å². The van der Waals surface area contributed by atoms with Gasteiger partial charge in [-0.2, -0.15) is 0 Å². The van der Waals surface area contributed by atoms with E-state index in [1.807, 2.05) is 11.8 Å². The van der Waals surface area contributed by atoms with Crippen molar-refractivity contribution in [1.29, 1.82) is 0 Å². The molecule has 0 bridgehead atoms. The van der Waals surface area contributed by atoms with E-state index in [1.54, 1.807) is 0 Å². The van der Waals surface area contributed by atoms with Crippen LogP contribution in [0.25, 0.3) is 0 Å². The first kappa shape index (κ1) is 12.2. The van der Waals surface area contributed by atoms with Crippen LogP contribution in [-0.4, -0.2) is 36.5 Å². The van der Waals surface area contributed by atoms with Gasteiger partial charge in [-0.05, 0) is 50.4 Å². The Kier molecular flexibility index (Phi) is 4.97. The molecule has 2 saturated heterocycles. The highest BCUT2D eigenvalue weighted by Crippen LogP contribution is 2.25. The first-order valence-electron chi connectivity index (χ1n) is 6.46. The summed E-state index contributed by atoms with van der Waals surface area (Å²) in [6.45, 7) is 3.07. The molecular formula is C12H22N2OS. The summed E-state index contributed by atoms with van der Waals surface area (Å²) in [5.41, 5.74) is 0. The Morgan fingerprint density at radius 1 is 1.31 bits per heavy atom. The Labute approximate surface area is 102 Å². The first-order valence-corrected chi connectivity index (χ1v) is 7.51. The van der Waals surface area contributed by atoms with Crippen LogP contribution in [0.3, 0.4) is 0 Å². The third kappa shape index (κ3) is 3.67. The fraction of sp³-hybridized carbons (Fsp3) is 0.917. The van der Waals surface area contributed by atoms with Gasteiger partial charge in [0.15, 0.2) is 0 Å². The lowest BCUT2D eigenvalue weighted by Crippen LogP contribution is -2.41. The average molecular weight is 242 g/mol. The molecule has 2 N–H and O–H groups in total. The van der Waals surface area contributed by atoms with Crippen LogP contribution in [0, 0.1) is 5.92 Å². The first-order chi connectivity index (χ1) is 7.86. The SMILES string of the molecule is O=C(NCC1CCCNC1)C1CCCCS1. The maximum absolute atomic E-state index is 11.9. The highest BCUT2D eigenvalue weighted by atomic mass is 32.2. The molecule has 0 aromatic rings. The molecule has 92 valence electrons. The zero-order chi connectivity index (χ0) is 11.2. The Bertz CT molecular complexity index is 223. The normalized spacial score (nSPS) is 31.0. The molecule has 2 fully saturated rings. The molecule has 2 rings (SSSR count). The number of nitrogens with one attached hydrogen (secondary N) is 2. The molecule has 16 heavy (non-hydrogen) atoms. The molecule has 0 aliphatic carbocycles. The van der Waals surface area contributed by atoms with Crippen molar-refractivity contribution in [3.05, 3.63) is 0 Å². The fourth-order valence-corrected chi connectivity index (χ4v) is 3.63. The van der Waals surface area contributed by atoms with Gasteiger partial charge in [0.05, 0.1) is 5.25 Å². The number of amides is 1. The van der Waals surface area contributed by atoms with Crippen molar-refractivity contribution in [3.63, 3.8) is 0 Å². The fourth-order valence-electron chi connectivity index (χ4n) is 2.40. The summed E-state index contributed by atoms with van der Waals surface area (Å²) in [6.07, 6.45) is 6.07. The van der Waals surface area contributed by atoms with Gasteiger partial charge in [-0.15, -0.1) is 11.8 Å². The molecule has 0 saturated carbocycles. The van der Waals surface area contributed by atoms with Crippen LogP contribution in [0.15, 0.2) is 0 Å². The average Bonchev–Trinajstić information content (AvgIpc) is 2.38. The zero-order valence-electron chi connectivity index (χ0n) is 9.84. The van der Waals surface area contributed by atoms with Gasteiger partial charge in [-0.25, -0.2) is 0 Å². The Balaban J connectivity index is 1.65. The molecular weight excluding hydrogens is 220 g/mol. The lowest BCUT2D eigenvalue weighted by atomic mass is 10.00. The molecule has 3 nitrogen and oxygen atoms in total. The van der Waals surface area contributed by atoms with Gasteiger partial charge < -0.3 is 10.6 Å². The van der Waals surface area contributed by atoms with Gasteiger partial charge in [0.25, 0.3) is 0 Å². The van der Waals surface area contributed by atoms with Crippen LogP contribution in [0.4, 0.5) is 0 Å². The quantitative estimate of drug-likeness (QED) is 0.786. The number of carbonyl (C=O) groups excluding carboxylic acids is 1. The number of rotatable bonds is 3. The van der Waals surface area contributed by atoms with Gasteiger partial charge in [-0.3, -0.25) is 4.79 Å². The van der Waals surface area contributed by atoms with E-state index in [1.165, 1.54) is 25.7 Å². The summed E-state index contributed by atoms with van der Waals surface area (Å²) < 4.78 is 0. The monoisotopic (exact) mass is 242 g/mol. The smallest absolute Gasteiger partial charge is 0.233 e. The van der Waals surface area contributed by atoms with Crippen LogP contribution in [0.1, 0.15) is 32.1 Å². The highest BCUT2D eigenvalue weighted by molar-refractivity contribution is 8.00. The molecule has 1 amide bonds. The van der Waals surface area contributed by atoms with Gasteiger partial charge in [0.1, 0.15) is 0 Å². The van der Waals surface area contributed by atoms with Crippen LogP contribution >= 0.6 is 11.8 Å². The molecule has 0 spiro atoms. The molecule has 2 unspecified atom stereocenters. The molecule has 0 aromatic heterocycles. The Morgan fingerprint density at radius 3 is 2.94 bits per heavy atom. The topological polar surface area (TPSA) is 41.1 Å². The van der Waals surface area contributed by atoms with Crippen molar-refractivity contribution in [1.82, 2.24) is 10.6 Å². The molecule has 2 aliphatic rings. The predicted octanol–water partition coefficient (Wildman–Crippen LogP) is 1.39. The van der Waals surface area contributed by atoms with Crippen molar-refractivity contribution in [2.45, 2.75) is 37.4 Å². The summed E-state index contributed by atoms with van der Waals surface area (Å²) in [7, 11) is 0. The number of piperidine rings is 1. The van der Waals surface area contributed by atoms with Crippen molar-refractivity contribution in [3.8, 4) is 0 Å². The highest BCUT2D eigenvalue weighted by Gasteiger charge is 2.22. The molecule has 2 aliphatic heterocycles. The number of carbonyl (C=O) groups is 1. The van der Waals surface area contributed by atoms with Gasteiger partial charge in [-0.1, -0.05) is 6.42 Å². The van der Waals surface area contributed by atoms with Crippen LogP contribution in [0.5, 0.6) is 0 Å². The molecule has 2 heterocycles. The second-order valence-electron chi connectivity index (χ2n) is 4.81. The largest absolute Gasteiger partial charge is 0.355 e. The summed E-state index contributed by atoms with van der Waals surface area (Å²) in [5, 5.41) is 6.73. The standard InChI is InChI=1S/C12H22N2OS/c15-12(11-5-1-2-7-16-11)14-9-10-4-3-6-13-8-10/h10-11,13H,1-9H2,(H,14,15). The van der Waals surface area contributed by atoms with E-state index >= 15 is 0 Å². The second kappa shape index (κ2) is 6.50. The van der Waals surface area contributed by atoms with Crippen molar-refractivity contribution in [2.24, 2.45) is 5.92 Å². The predicted molar refractivity (Wildman–Crippen MR) is 68.7 cm³/mol. The summed E-state index contributed by atoms with van der Waals surface area (Å²) in [6, 6.07) is 0. The summed E-state index contributed by atoms with van der Waals surface area (Å²) >= 11 is 1.83. The molecule has 0 aromatic carbocycles. The summed E-state index contributed by atoms with van der Waals surface area (Å²) in [5.74, 6) is 2.07. The maximum atomic E-state index is 11.9. The Morgan fingerprint density at radius 2 is 2.25 bits per heavy atom. The van der Waals surface area contributed by atoms with Crippen molar-refractivity contribution < 1.29 is 4.79 Å². The maximum Gasteiger partial charge on any atom is 0.233 e. The third-order valence-electron chi connectivity index (χ3n) is 3.44. The Hall–Kier alpha value is -0.220. The van der Waals surface area contributed by atoms with Crippen LogP contribution in [-0.2, 0) is 4.79 Å². The van der Waals surface area contributed by atoms with E-state index in [2.05, 4.69) is 10.6 Å². The van der Waals surface area contributed by atoms with Gasteiger partial charge in [0.2, 0.25) is 5.91 Å². The van der Waals surface area contributed by atoms with E-state index < -0.39 is 0 Å².